The molecule has 0 aliphatic carbocycles. The van der Waals surface area contributed by atoms with Gasteiger partial charge in [-0.1, -0.05) is 0 Å². The SMILES string of the molecule is Cc1nn(C)cc1-c1cc(N2CCOCC2C)nc2c(-c3cc[nH]n3)nn(C)c12. The van der Waals surface area contributed by atoms with Gasteiger partial charge in [0.1, 0.15) is 22.7 Å². The molecule has 1 atom stereocenters. The molecule has 9 nitrogen and oxygen atoms in total. The van der Waals surface area contributed by atoms with E-state index < -0.39 is 0 Å². The first kappa shape index (κ1) is 17.9. The number of anilines is 1. The van der Waals surface area contributed by atoms with E-state index >= 15 is 0 Å². The molecule has 0 spiro atoms. The van der Waals surface area contributed by atoms with E-state index in [9.17, 15) is 0 Å². The lowest BCUT2D eigenvalue weighted by atomic mass is 10.0. The Morgan fingerprint density at radius 2 is 2.07 bits per heavy atom. The molecule has 4 aromatic rings. The van der Waals surface area contributed by atoms with Crippen molar-refractivity contribution in [2.45, 2.75) is 19.9 Å². The largest absolute Gasteiger partial charge is 0.377 e. The fraction of sp³-hybridized carbons (Fsp3) is 0.400. The Kier molecular flexibility index (Phi) is 4.13. The van der Waals surface area contributed by atoms with Crippen molar-refractivity contribution in [2.75, 3.05) is 24.7 Å². The molecule has 5 rings (SSSR count). The first-order chi connectivity index (χ1) is 14.0. The van der Waals surface area contributed by atoms with Crippen LogP contribution in [0.25, 0.3) is 33.5 Å². The Morgan fingerprint density at radius 1 is 1.21 bits per heavy atom. The van der Waals surface area contributed by atoms with Crippen molar-refractivity contribution in [3.05, 3.63) is 30.2 Å². The Morgan fingerprint density at radius 3 is 2.76 bits per heavy atom. The normalized spacial score (nSPS) is 17.4. The molecule has 1 saturated heterocycles. The van der Waals surface area contributed by atoms with Gasteiger partial charge in [-0.25, -0.2) is 4.98 Å². The number of H-pyrrole nitrogens is 1. The van der Waals surface area contributed by atoms with E-state index in [1.807, 2.05) is 36.4 Å². The van der Waals surface area contributed by atoms with Crippen LogP contribution in [0.4, 0.5) is 5.82 Å². The number of aromatic amines is 1. The van der Waals surface area contributed by atoms with Crippen LogP contribution in [0.3, 0.4) is 0 Å². The molecule has 150 valence electrons. The van der Waals surface area contributed by atoms with E-state index in [2.05, 4.69) is 39.4 Å². The molecule has 0 aromatic carbocycles. The summed E-state index contributed by atoms with van der Waals surface area (Å²) in [6.07, 6.45) is 3.85. The lowest BCUT2D eigenvalue weighted by molar-refractivity contribution is 0.0986. The second kappa shape index (κ2) is 6.70. The van der Waals surface area contributed by atoms with Crippen molar-refractivity contribution in [1.29, 1.82) is 0 Å². The number of aromatic nitrogens is 7. The molecule has 1 aliphatic heterocycles. The fourth-order valence-corrected chi connectivity index (χ4v) is 4.11. The number of rotatable bonds is 3. The van der Waals surface area contributed by atoms with Crippen LogP contribution in [-0.2, 0) is 18.8 Å². The molecule has 1 N–H and O–H groups in total. The van der Waals surface area contributed by atoms with Crippen LogP contribution in [0.5, 0.6) is 0 Å². The second-order valence-electron chi connectivity index (χ2n) is 7.58. The topological polar surface area (TPSA) is 89.7 Å². The highest BCUT2D eigenvalue weighted by molar-refractivity contribution is 6.00. The molecule has 1 fully saturated rings. The van der Waals surface area contributed by atoms with E-state index in [0.29, 0.717) is 13.2 Å². The van der Waals surface area contributed by atoms with Gasteiger partial charge < -0.3 is 9.64 Å². The molecule has 0 saturated carbocycles. The minimum atomic E-state index is 0.252. The zero-order valence-corrected chi connectivity index (χ0v) is 17.0. The smallest absolute Gasteiger partial charge is 0.139 e. The summed E-state index contributed by atoms with van der Waals surface area (Å²) in [7, 11) is 3.89. The van der Waals surface area contributed by atoms with Gasteiger partial charge in [0.25, 0.3) is 0 Å². The number of fused-ring (bicyclic) bond motifs is 1. The minimum Gasteiger partial charge on any atom is -0.377 e. The Hall–Kier alpha value is -3.20. The highest BCUT2D eigenvalue weighted by Crippen LogP contribution is 2.37. The summed E-state index contributed by atoms with van der Waals surface area (Å²) in [6, 6.07) is 4.33. The van der Waals surface area contributed by atoms with Gasteiger partial charge in [-0.3, -0.25) is 14.5 Å². The highest BCUT2D eigenvalue weighted by atomic mass is 16.5. The highest BCUT2D eigenvalue weighted by Gasteiger charge is 2.25. The number of hydrogen-bond acceptors (Lipinski definition) is 6. The van der Waals surface area contributed by atoms with Crippen LogP contribution in [0.2, 0.25) is 0 Å². The summed E-state index contributed by atoms with van der Waals surface area (Å²) >= 11 is 0. The summed E-state index contributed by atoms with van der Waals surface area (Å²) < 4.78 is 9.37. The van der Waals surface area contributed by atoms with Crippen molar-refractivity contribution in [3.8, 4) is 22.5 Å². The van der Waals surface area contributed by atoms with Crippen LogP contribution in [0.15, 0.2) is 24.5 Å². The third-order valence-corrected chi connectivity index (χ3v) is 5.49. The van der Waals surface area contributed by atoms with Gasteiger partial charge in [-0.2, -0.15) is 15.3 Å². The minimum absolute atomic E-state index is 0.252. The summed E-state index contributed by atoms with van der Waals surface area (Å²) in [5.41, 5.74) is 6.50. The average Bonchev–Trinajstić information content (AvgIpc) is 3.41. The Labute approximate surface area is 168 Å². The van der Waals surface area contributed by atoms with Gasteiger partial charge in [0.2, 0.25) is 0 Å². The molecular weight excluding hydrogens is 368 g/mol. The van der Waals surface area contributed by atoms with Gasteiger partial charge in [0.05, 0.1) is 30.5 Å². The van der Waals surface area contributed by atoms with Crippen LogP contribution in [0, 0.1) is 6.92 Å². The third-order valence-electron chi connectivity index (χ3n) is 5.49. The van der Waals surface area contributed by atoms with Crippen LogP contribution in [-0.4, -0.2) is 60.5 Å². The molecule has 4 aromatic heterocycles. The van der Waals surface area contributed by atoms with Crippen molar-refractivity contribution >= 4 is 16.9 Å². The summed E-state index contributed by atoms with van der Waals surface area (Å²) in [5, 5.41) is 16.5. The molecule has 9 heteroatoms. The Bertz CT molecular complexity index is 1170. The predicted molar refractivity (Wildman–Crippen MR) is 111 cm³/mol. The van der Waals surface area contributed by atoms with Crippen LogP contribution >= 0.6 is 0 Å². The standard InChI is InChI=1S/C20H24N8O/c1-12-11-29-8-7-28(12)17-9-14(15-10-26(3)24-13(15)2)20-19(22-17)18(25-27(20)4)16-5-6-21-23-16/h5-6,9-10,12H,7-8,11H2,1-4H3,(H,21,23). The summed E-state index contributed by atoms with van der Waals surface area (Å²) in [4.78, 5) is 7.36. The summed E-state index contributed by atoms with van der Waals surface area (Å²) in [5.74, 6) is 0.927. The predicted octanol–water partition coefficient (Wildman–Crippen LogP) is 2.29. The fourth-order valence-electron chi connectivity index (χ4n) is 4.11. The number of nitrogens with zero attached hydrogens (tertiary/aromatic N) is 7. The van der Waals surface area contributed by atoms with E-state index in [-0.39, 0.29) is 6.04 Å². The number of nitrogens with one attached hydrogen (secondary N) is 1. The van der Waals surface area contributed by atoms with Gasteiger partial charge >= 0.3 is 0 Å². The number of pyridine rings is 1. The van der Waals surface area contributed by atoms with Gasteiger partial charge in [0.15, 0.2) is 0 Å². The van der Waals surface area contributed by atoms with Crippen LogP contribution in [0.1, 0.15) is 12.6 Å². The number of ether oxygens (including phenoxy) is 1. The van der Waals surface area contributed by atoms with Gasteiger partial charge in [0, 0.05) is 44.2 Å². The molecule has 0 radical (unpaired) electrons. The van der Waals surface area contributed by atoms with E-state index in [1.54, 1.807) is 6.20 Å². The molecule has 29 heavy (non-hydrogen) atoms. The monoisotopic (exact) mass is 392 g/mol. The first-order valence-corrected chi connectivity index (χ1v) is 9.76. The average molecular weight is 392 g/mol. The maximum absolute atomic E-state index is 5.63. The number of hydrogen-bond donors (Lipinski definition) is 1. The number of morpholine rings is 1. The molecule has 1 unspecified atom stereocenters. The summed E-state index contributed by atoms with van der Waals surface area (Å²) in [6.45, 7) is 6.40. The lowest BCUT2D eigenvalue weighted by Crippen LogP contribution is -2.44. The van der Waals surface area contributed by atoms with Gasteiger partial charge in [-0.05, 0) is 26.0 Å². The zero-order chi connectivity index (χ0) is 20.1. The number of aryl methyl sites for hydroxylation is 3. The Balaban J connectivity index is 1.81. The second-order valence-corrected chi connectivity index (χ2v) is 7.58. The van der Waals surface area contributed by atoms with Crippen LogP contribution < -0.4 is 4.90 Å². The third kappa shape index (κ3) is 2.89. The molecule has 0 amide bonds. The first-order valence-electron chi connectivity index (χ1n) is 9.76. The maximum atomic E-state index is 5.63. The van der Waals surface area contributed by atoms with Crippen molar-refractivity contribution < 1.29 is 4.74 Å². The van der Waals surface area contributed by atoms with E-state index in [0.717, 1.165) is 51.6 Å². The van der Waals surface area contributed by atoms with E-state index in [4.69, 9.17) is 14.8 Å². The van der Waals surface area contributed by atoms with Crippen molar-refractivity contribution in [2.24, 2.45) is 14.1 Å². The zero-order valence-electron chi connectivity index (χ0n) is 17.0. The maximum Gasteiger partial charge on any atom is 0.139 e. The molecule has 0 bridgehead atoms. The lowest BCUT2D eigenvalue weighted by Gasteiger charge is -2.34. The molecular formula is C20H24N8O. The van der Waals surface area contributed by atoms with Gasteiger partial charge in [-0.15, -0.1) is 0 Å². The molecule has 1 aliphatic rings. The van der Waals surface area contributed by atoms with Crippen molar-refractivity contribution in [1.82, 2.24) is 34.7 Å². The quantitative estimate of drug-likeness (QED) is 0.575. The molecule has 5 heterocycles. The van der Waals surface area contributed by atoms with E-state index in [1.165, 1.54) is 0 Å². The van der Waals surface area contributed by atoms with Crippen molar-refractivity contribution in [3.63, 3.8) is 0 Å².